The first-order valence-corrected chi connectivity index (χ1v) is 6.62. The van der Waals surface area contributed by atoms with Crippen molar-refractivity contribution in [3.63, 3.8) is 0 Å². The summed E-state index contributed by atoms with van der Waals surface area (Å²) in [5, 5.41) is 7.38. The van der Waals surface area contributed by atoms with Crippen LogP contribution in [0.15, 0.2) is 22.7 Å². The zero-order valence-corrected chi connectivity index (χ0v) is 12.6. The van der Waals surface area contributed by atoms with Crippen molar-refractivity contribution in [2.24, 2.45) is 7.05 Å². The molecule has 0 amide bonds. The van der Waals surface area contributed by atoms with E-state index < -0.39 is 0 Å². The molecule has 0 atom stereocenters. The summed E-state index contributed by atoms with van der Waals surface area (Å²) in [6, 6.07) is 4.67. The Morgan fingerprint density at radius 2 is 2.21 bits per heavy atom. The van der Waals surface area contributed by atoms with E-state index in [-0.39, 0.29) is 5.82 Å². The molecule has 0 aliphatic rings. The summed E-state index contributed by atoms with van der Waals surface area (Å²) in [7, 11) is 3.66. The summed E-state index contributed by atoms with van der Waals surface area (Å²) in [5.41, 5.74) is 1.86. The lowest BCUT2D eigenvalue weighted by molar-refractivity contribution is 0.421. The third-order valence-corrected chi connectivity index (χ3v) is 3.39. The number of hydrogen-bond donors (Lipinski definition) is 1. The van der Waals surface area contributed by atoms with Crippen molar-refractivity contribution in [1.29, 1.82) is 0 Å². The molecule has 1 N–H and O–H groups in total. The molecule has 19 heavy (non-hydrogen) atoms. The summed E-state index contributed by atoms with van der Waals surface area (Å²) >= 11 is 3.11. The van der Waals surface area contributed by atoms with Gasteiger partial charge in [-0.25, -0.2) is 9.07 Å². The maximum absolute atomic E-state index is 13.5. The lowest BCUT2D eigenvalue weighted by Gasteiger charge is -2.09. The van der Waals surface area contributed by atoms with Gasteiger partial charge in [0.05, 0.1) is 15.7 Å². The second kappa shape index (κ2) is 5.71. The summed E-state index contributed by atoms with van der Waals surface area (Å²) in [6.07, 6.45) is 0. The maximum atomic E-state index is 13.5. The first-order valence-electron chi connectivity index (χ1n) is 5.83. The van der Waals surface area contributed by atoms with Crippen LogP contribution in [0.25, 0.3) is 0 Å². The van der Waals surface area contributed by atoms with Crippen molar-refractivity contribution in [1.82, 2.24) is 15.1 Å². The van der Waals surface area contributed by atoms with Crippen LogP contribution in [0, 0.1) is 12.7 Å². The molecule has 0 radical (unpaired) electrons. The highest BCUT2D eigenvalue weighted by molar-refractivity contribution is 9.10. The molecule has 0 saturated carbocycles. The van der Waals surface area contributed by atoms with Crippen molar-refractivity contribution in [2.75, 3.05) is 7.05 Å². The van der Waals surface area contributed by atoms with Crippen LogP contribution < -0.4 is 10.1 Å². The molecular weight excluding hydrogens is 313 g/mol. The molecular formula is C13H15BrFN3O. The van der Waals surface area contributed by atoms with Gasteiger partial charge in [-0.2, -0.15) is 5.10 Å². The van der Waals surface area contributed by atoms with Crippen LogP contribution in [0.3, 0.4) is 0 Å². The van der Waals surface area contributed by atoms with Crippen molar-refractivity contribution < 1.29 is 9.13 Å². The number of benzene rings is 1. The first kappa shape index (κ1) is 14.0. The molecule has 0 bridgehead atoms. The third-order valence-electron chi connectivity index (χ3n) is 2.75. The Balaban J connectivity index is 2.34. The van der Waals surface area contributed by atoms with Gasteiger partial charge < -0.3 is 10.1 Å². The Hall–Kier alpha value is -1.40. The Labute approximate surface area is 119 Å². The van der Waals surface area contributed by atoms with Crippen LogP contribution in [-0.2, 0) is 13.6 Å². The highest BCUT2D eigenvalue weighted by Crippen LogP contribution is 2.29. The van der Waals surface area contributed by atoms with Gasteiger partial charge in [-0.05, 0) is 42.0 Å². The van der Waals surface area contributed by atoms with Crippen LogP contribution >= 0.6 is 15.9 Å². The van der Waals surface area contributed by atoms with Gasteiger partial charge in [-0.15, -0.1) is 0 Å². The van der Waals surface area contributed by atoms with Gasteiger partial charge in [0.25, 0.3) is 0 Å². The first-order chi connectivity index (χ1) is 9.02. The third kappa shape index (κ3) is 2.96. The van der Waals surface area contributed by atoms with E-state index in [1.807, 2.05) is 14.0 Å². The average Bonchev–Trinajstić information content (AvgIpc) is 2.61. The van der Waals surface area contributed by atoms with Crippen LogP contribution in [0.1, 0.15) is 11.3 Å². The van der Waals surface area contributed by atoms with Crippen LogP contribution in [-0.4, -0.2) is 16.8 Å². The minimum absolute atomic E-state index is 0.355. The number of halogens is 2. The predicted molar refractivity (Wildman–Crippen MR) is 74.9 cm³/mol. The van der Waals surface area contributed by atoms with Gasteiger partial charge in [0.1, 0.15) is 11.6 Å². The largest absolute Gasteiger partial charge is 0.439 e. The fourth-order valence-electron chi connectivity index (χ4n) is 1.84. The Morgan fingerprint density at radius 3 is 2.84 bits per heavy atom. The molecule has 0 aliphatic carbocycles. The van der Waals surface area contributed by atoms with Gasteiger partial charge in [0.15, 0.2) is 0 Å². The van der Waals surface area contributed by atoms with E-state index in [0.717, 1.165) is 11.3 Å². The zero-order valence-electron chi connectivity index (χ0n) is 11.0. The number of aryl methyl sites for hydroxylation is 2. The molecule has 102 valence electrons. The van der Waals surface area contributed by atoms with E-state index in [1.54, 1.807) is 23.9 Å². The number of aromatic nitrogens is 2. The van der Waals surface area contributed by atoms with Crippen molar-refractivity contribution in [3.05, 3.63) is 39.7 Å². The standard InChI is InChI=1S/C13H15BrFN3O/c1-8-10(7-16-2)13(18(3)17-8)19-9-4-5-11(14)12(15)6-9/h4-6,16H,7H2,1-3H3. The Kier molecular flexibility index (Phi) is 4.21. The summed E-state index contributed by atoms with van der Waals surface area (Å²) in [4.78, 5) is 0. The molecule has 2 aromatic rings. The molecule has 6 heteroatoms. The quantitative estimate of drug-likeness (QED) is 0.937. The van der Waals surface area contributed by atoms with E-state index >= 15 is 0 Å². The van der Waals surface area contributed by atoms with Crippen molar-refractivity contribution in [3.8, 4) is 11.6 Å². The topological polar surface area (TPSA) is 39.1 Å². The molecule has 0 fully saturated rings. The Morgan fingerprint density at radius 1 is 1.47 bits per heavy atom. The fourth-order valence-corrected chi connectivity index (χ4v) is 2.09. The zero-order chi connectivity index (χ0) is 14.0. The van der Waals surface area contributed by atoms with Gasteiger partial charge in [-0.1, -0.05) is 0 Å². The number of hydrogen-bond acceptors (Lipinski definition) is 3. The minimum atomic E-state index is -0.355. The molecule has 0 aliphatic heterocycles. The number of ether oxygens (including phenoxy) is 1. The average molecular weight is 328 g/mol. The molecule has 1 aromatic carbocycles. The SMILES string of the molecule is CNCc1c(C)nn(C)c1Oc1ccc(Br)c(F)c1. The normalized spacial score (nSPS) is 10.8. The highest BCUT2D eigenvalue weighted by Gasteiger charge is 2.15. The summed E-state index contributed by atoms with van der Waals surface area (Å²) in [6.45, 7) is 2.57. The maximum Gasteiger partial charge on any atom is 0.222 e. The van der Waals surface area contributed by atoms with Gasteiger partial charge in [0, 0.05) is 19.7 Å². The molecule has 0 unspecified atom stereocenters. The van der Waals surface area contributed by atoms with Crippen LogP contribution in [0.5, 0.6) is 11.6 Å². The van der Waals surface area contributed by atoms with Crippen molar-refractivity contribution >= 4 is 15.9 Å². The molecule has 2 rings (SSSR count). The molecule has 0 saturated heterocycles. The van der Waals surface area contributed by atoms with Crippen LogP contribution in [0.4, 0.5) is 4.39 Å². The van der Waals surface area contributed by atoms with Gasteiger partial charge >= 0.3 is 0 Å². The van der Waals surface area contributed by atoms with Crippen LogP contribution in [0.2, 0.25) is 0 Å². The molecule has 4 nitrogen and oxygen atoms in total. The van der Waals surface area contributed by atoms with E-state index in [9.17, 15) is 4.39 Å². The Bertz CT molecular complexity index is 598. The van der Waals surface area contributed by atoms with E-state index in [0.29, 0.717) is 22.6 Å². The highest BCUT2D eigenvalue weighted by atomic mass is 79.9. The minimum Gasteiger partial charge on any atom is -0.439 e. The van der Waals surface area contributed by atoms with Crippen molar-refractivity contribution in [2.45, 2.75) is 13.5 Å². The number of rotatable bonds is 4. The van der Waals surface area contributed by atoms with Gasteiger partial charge in [0.2, 0.25) is 5.88 Å². The summed E-state index contributed by atoms with van der Waals surface area (Å²) < 4.78 is 21.3. The summed E-state index contributed by atoms with van der Waals surface area (Å²) in [5.74, 6) is 0.709. The van der Waals surface area contributed by atoms with E-state index in [1.165, 1.54) is 6.07 Å². The number of nitrogens with zero attached hydrogens (tertiary/aromatic N) is 2. The lowest BCUT2D eigenvalue weighted by Crippen LogP contribution is -2.07. The molecule has 1 heterocycles. The van der Waals surface area contributed by atoms with E-state index in [4.69, 9.17) is 4.74 Å². The monoisotopic (exact) mass is 327 g/mol. The molecule has 0 spiro atoms. The second-order valence-electron chi connectivity index (χ2n) is 4.20. The lowest BCUT2D eigenvalue weighted by atomic mass is 10.2. The van der Waals surface area contributed by atoms with Gasteiger partial charge in [-0.3, -0.25) is 0 Å². The smallest absolute Gasteiger partial charge is 0.222 e. The number of nitrogens with one attached hydrogen (secondary N) is 1. The van der Waals surface area contributed by atoms with E-state index in [2.05, 4.69) is 26.3 Å². The predicted octanol–water partition coefficient (Wildman–Crippen LogP) is 3.14. The fraction of sp³-hybridized carbons (Fsp3) is 0.308. The molecule has 1 aromatic heterocycles. The second-order valence-corrected chi connectivity index (χ2v) is 5.06.